The second-order valence-electron chi connectivity index (χ2n) is 11.0. The number of halogens is 4. The quantitative estimate of drug-likeness (QED) is 0.210. The molecule has 8 nitrogen and oxygen atoms in total. The number of para-hydroxylation sites is 1. The molecule has 4 heterocycles. The molecule has 0 amide bonds. The molecule has 220 valence electrons. The van der Waals surface area contributed by atoms with E-state index in [-0.39, 0.29) is 58.8 Å². The van der Waals surface area contributed by atoms with E-state index in [4.69, 9.17) is 9.26 Å². The Morgan fingerprint density at radius 3 is 2.67 bits per heavy atom. The average Bonchev–Trinajstić information content (AvgIpc) is 3.44. The standard InChI is InChI=1S/C29H25F4N3O5S/c30-19-11-17-24(42-35-26(17)28(37)38)12-21(19)36-15-7-9-20(36)23(10-8-15)39-13-18-25(34-41-27(18)14-5-6-14)16-3-1-2-4-22(16)40-29(31,32)33/h1-4,11-12,14-15,20,23H,5-10,13H2,(H,37,38). The van der Waals surface area contributed by atoms with Crippen molar-refractivity contribution >= 4 is 33.3 Å². The number of benzene rings is 2. The van der Waals surface area contributed by atoms with Crippen molar-refractivity contribution in [1.29, 1.82) is 0 Å². The first kappa shape index (κ1) is 27.1. The highest BCUT2D eigenvalue weighted by Gasteiger charge is 2.45. The maximum Gasteiger partial charge on any atom is 0.573 e. The zero-order valence-corrected chi connectivity index (χ0v) is 22.9. The van der Waals surface area contributed by atoms with E-state index in [1.807, 2.05) is 4.90 Å². The normalized spacial score (nSPS) is 22.2. The van der Waals surface area contributed by atoms with E-state index in [9.17, 15) is 23.1 Å². The van der Waals surface area contributed by atoms with Crippen molar-refractivity contribution in [1.82, 2.24) is 9.53 Å². The number of carbonyl (C=O) groups is 1. The van der Waals surface area contributed by atoms with Crippen LogP contribution in [-0.4, -0.2) is 45.2 Å². The molecule has 7 rings (SSSR count). The summed E-state index contributed by atoms with van der Waals surface area (Å²) in [6.45, 7) is 0.0724. The Kier molecular flexibility index (Phi) is 6.61. The Morgan fingerprint density at radius 2 is 1.90 bits per heavy atom. The van der Waals surface area contributed by atoms with E-state index in [1.165, 1.54) is 24.3 Å². The molecular formula is C29H25F4N3O5S. The molecule has 2 aromatic carbocycles. The number of aromatic carboxylic acids is 1. The second kappa shape index (κ2) is 10.2. The molecule has 1 saturated carbocycles. The highest BCUT2D eigenvalue weighted by atomic mass is 32.1. The van der Waals surface area contributed by atoms with Gasteiger partial charge in [-0.1, -0.05) is 17.3 Å². The molecule has 2 bridgehead atoms. The van der Waals surface area contributed by atoms with E-state index in [0.717, 1.165) is 50.1 Å². The zero-order valence-electron chi connectivity index (χ0n) is 22.1. The van der Waals surface area contributed by atoms with E-state index in [1.54, 1.807) is 12.1 Å². The fourth-order valence-corrected chi connectivity index (χ4v) is 7.17. The van der Waals surface area contributed by atoms with Gasteiger partial charge in [-0.2, -0.15) is 4.37 Å². The number of hydrogen-bond acceptors (Lipinski definition) is 8. The molecule has 0 radical (unpaired) electrons. The highest BCUT2D eigenvalue weighted by Crippen LogP contribution is 2.47. The second-order valence-corrected chi connectivity index (χ2v) is 11.8. The molecule has 13 heteroatoms. The van der Waals surface area contributed by atoms with E-state index in [2.05, 4.69) is 14.3 Å². The number of ether oxygens (including phenoxy) is 2. The first-order valence-corrected chi connectivity index (χ1v) is 14.5. The van der Waals surface area contributed by atoms with Gasteiger partial charge in [0.2, 0.25) is 0 Å². The van der Waals surface area contributed by atoms with Crippen molar-refractivity contribution in [3.05, 3.63) is 59.2 Å². The zero-order chi connectivity index (χ0) is 29.2. The molecule has 3 unspecified atom stereocenters. The molecule has 2 saturated heterocycles. The number of nitrogens with zero attached hydrogens (tertiary/aromatic N) is 3. The number of fused-ring (bicyclic) bond motifs is 3. The van der Waals surface area contributed by atoms with Crippen molar-refractivity contribution < 1.29 is 41.5 Å². The van der Waals surface area contributed by atoms with Gasteiger partial charge in [0.1, 0.15) is 23.0 Å². The number of rotatable bonds is 8. The van der Waals surface area contributed by atoms with Crippen LogP contribution in [0.15, 0.2) is 40.9 Å². The number of aromatic nitrogens is 2. The minimum atomic E-state index is -4.87. The van der Waals surface area contributed by atoms with Gasteiger partial charge in [-0.3, -0.25) is 0 Å². The first-order chi connectivity index (χ1) is 20.2. The summed E-state index contributed by atoms with van der Waals surface area (Å²) < 4.78 is 75.9. The summed E-state index contributed by atoms with van der Waals surface area (Å²) in [6, 6.07) is 8.73. The number of hydrogen-bond donors (Lipinski definition) is 1. The fraction of sp³-hybridized carbons (Fsp3) is 0.414. The summed E-state index contributed by atoms with van der Waals surface area (Å²) in [5.74, 6) is -1.34. The minimum Gasteiger partial charge on any atom is -0.476 e. The molecular weight excluding hydrogens is 578 g/mol. The lowest BCUT2D eigenvalue weighted by atomic mass is 9.98. The van der Waals surface area contributed by atoms with Crippen LogP contribution >= 0.6 is 11.5 Å². The summed E-state index contributed by atoms with van der Waals surface area (Å²) >= 11 is 1.02. The largest absolute Gasteiger partial charge is 0.573 e. The third-order valence-corrected chi connectivity index (χ3v) is 9.16. The van der Waals surface area contributed by atoms with Crippen molar-refractivity contribution in [2.75, 3.05) is 4.90 Å². The van der Waals surface area contributed by atoms with Crippen LogP contribution < -0.4 is 9.64 Å². The summed E-state index contributed by atoms with van der Waals surface area (Å²) in [5.41, 5.74) is 1.24. The molecule has 2 aromatic heterocycles. The van der Waals surface area contributed by atoms with Crippen LogP contribution in [0.3, 0.4) is 0 Å². The van der Waals surface area contributed by atoms with Crippen LogP contribution in [0.25, 0.3) is 21.3 Å². The van der Waals surface area contributed by atoms with Crippen LogP contribution in [0.4, 0.5) is 23.2 Å². The summed E-state index contributed by atoms with van der Waals surface area (Å²) in [6.07, 6.45) is -0.190. The topological polar surface area (TPSA) is 97.9 Å². The Hall–Kier alpha value is -3.71. The predicted octanol–water partition coefficient (Wildman–Crippen LogP) is 7.28. The molecule has 0 spiro atoms. The molecule has 3 fully saturated rings. The van der Waals surface area contributed by atoms with Crippen molar-refractivity contribution in [3.8, 4) is 17.0 Å². The number of piperidine rings is 1. The molecule has 1 aliphatic carbocycles. The Bertz CT molecular complexity index is 1670. The van der Waals surface area contributed by atoms with E-state index in [0.29, 0.717) is 21.7 Å². The number of carboxylic acid groups (broad SMARTS) is 1. The van der Waals surface area contributed by atoms with Crippen LogP contribution in [0.5, 0.6) is 5.75 Å². The summed E-state index contributed by atoms with van der Waals surface area (Å²) in [7, 11) is 0. The lowest BCUT2D eigenvalue weighted by Crippen LogP contribution is -2.49. The maximum atomic E-state index is 15.5. The Balaban J connectivity index is 1.17. The molecule has 42 heavy (non-hydrogen) atoms. The third-order valence-electron chi connectivity index (χ3n) is 8.36. The van der Waals surface area contributed by atoms with Gasteiger partial charge in [0, 0.05) is 28.5 Å². The number of anilines is 1. The van der Waals surface area contributed by atoms with Gasteiger partial charge in [-0.05, 0) is 74.3 Å². The Labute approximate surface area is 241 Å². The van der Waals surface area contributed by atoms with Crippen LogP contribution in [-0.2, 0) is 11.3 Å². The fourth-order valence-electron chi connectivity index (χ4n) is 6.38. The van der Waals surface area contributed by atoms with Crippen molar-refractivity contribution in [2.45, 2.75) is 75.6 Å². The van der Waals surface area contributed by atoms with Gasteiger partial charge >= 0.3 is 12.3 Å². The molecule has 3 atom stereocenters. The molecule has 4 aromatic rings. The highest BCUT2D eigenvalue weighted by molar-refractivity contribution is 7.13. The summed E-state index contributed by atoms with van der Waals surface area (Å²) in [5, 5.41) is 13.8. The van der Waals surface area contributed by atoms with Gasteiger partial charge in [0.05, 0.1) is 29.1 Å². The predicted molar refractivity (Wildman–Crippen MR) is 144 cm³/mol. The lowest BCUT2D eigenvalue weighted by molar-refractivity contribution is -0.274. The smallest absolute Gasteiger partial charge is 0.476 e. The molecule has 1 N–H and O–H groups in total. The van der Waals surface area contributed by atoms with Crippen molar-refractivity contribution in [2.24, 2.45) is 0 Å². The average molecular weight is 604 g/mol. The van der Waals surface area contributed by atoms with Crippen molar-refractivity contribution in [3.63, 3.8) is 0 Å². The monoisotopic (exact) mass is 603 g/mol. The molecule has 2 aliphatic heterocycles. The van der Waals surface area contributed by atoms with Gasteiger partial charge in [0.25, 0.3) is 0 Å². The minimum absolute atomic E-state index is 0.0724. The SMILES string of the molecule is O=C(O)c1nsc2cc(N3C4CCC(OCc5c(-c6ccccc6OC(F)(F)F)noc5C5CC5)C3CC4)c(F)cc12. The van der Waals surface area contributed by atoms with Crippen LogP contribution in [0.1, 0.15) is 66.3 Å². The van der Waals surface area contributed by atoms with Gasteiger partial charge in [0.15, 0.2) is 5.69 Å². The van der Waals surface area contributed by atoms with E-state index < -0.39 is 18.1 Å². The van der Waals surface area contributed by atoms with Gasteiger partial charge in [-0.25, -0.2) is 9.18 Å². The van der Waals surface area contributed by atoms with Crippen LogP contribution in [0, 0.1) is 5.82 Å². The molecule has 3 aliphatic rings. The number of alkyl halides is 3. The van der Waals surface area contributed by atoms with E-state index >= 15 is 4.39 Å². The summed E-state index contributed by atoms with van der Waals surface area (Å²) in [4.78, 5) is 13.5. The Morgan fingerprint density at radius 1 is 1.12 bits per heavy atom. The van der Waals surface area contributed by atoms with Crippen LogP contribution in [0.2, 0.25) is 0 Å². The van der Waals surface area contributed by atoms with Gasteiger partial charge in [-0.15, -0.1) is 13.2 Å². The van der Waals surface area contributed by atoms with Gasteiger partial charge < -0.3 is 24.0 Å². The first-order valence-electron chi connectivity index (χ1n) is 13.7. The number of carboxylic acids is 1. The third kappa shape index (κ3) is 4.87. The lowest BCUT2D eigenvalue weighted by Gasteiger charge is -2.41. The maximum absolute atomic E-state index is 15.5.